The van der Waals surface area contributed by atoms with E-state index in [1.807, 2.05) is 6.92 Å². The second kappa shape index (κ2) is 7.29. The lowest BCUT2D eigenvalue weighted by atomic mass is 10.1. The molecule has 6 heteroatoms. The predicted octanol–water partition coefficient (Wildman–Crippen LogP) is 2.99. The number of hydrogen-bond acceptors (Lipinski definition) is 5. The summed E-state index contributed by atoms with van der Waals surface area (Å²) >= 11 is 0. The van der Waals surface area contributed by atoms with Crippen molar-refractivity contribution in [3.8, 4) is 6.07 Å². The minimum absolute atomic E-state index is 0.304. The van der Waals surface area contributed by atoms with Crippen LogP contribution < -0.4 is 5.43 Å². The molecule has 5 nitrogen and oxygen atoms in total. The van der Waals surface area contributed by atoms with Crippen molar-refractivity contribution in [3.63, 3.8) is 0 Å². The lowest BCUT2D eigenvalue weighted by molar-refractivity contribution is 0.184. The third kappa shape index (κ3) is 3.87. The monoisotopic (exact) mass is 298 g/mol. The van der Waals surface area contributed by atoms with Crippen molar-refractivity contribution < 1.29 is 9.13 Å². The number of ether oxygens (including phenoxy) is 1. The SMILES string of the molecule is COCc1cc(C)nc(N/N=C/c2ccc(F)cc2)c1C#N. The molecule has 0 spiro atoms. The number of hydrazone groups is 1. The summed E-state index contributed by atoms with van der Waals surface area (Å²) in [5, 5.41) is 13.3. The van der Waals surface area contributed by atoms with Crippen LogP contribution in [0.5, 0.6) is 0 Å². The lowest BCUT2D eigenvalue weighted by Crippen LogP contribution is -2.03. The van der Waals surface area contributed by atoms with Gasteiger partial charge in [-0.05, 0) is 30.7 Å². The first-order valence-electron chi connectivity index (χ1n) is 6.58. The van der Waals surface area contributed by atoms with E-state index < -0.39 is 0 Å². The molecular weight excluding hydrogens is 283 g/mol. The van der Waals surface area contributed by atoms with Crippen molar-refractivity contribution in [3.05, 3.63) is 58.5 Å². The molecule has 0 amide bonds. The largest absolute Gasteiger partial charge is 0.380 e. The Hall–Kier alpha value is -2.78. The quantitative estimate of drug-likeness (QED) is 0.680. The second-order valence-electron chi connectivity index (χ2n) is 4.61. The minimum atomic E-state index is -0.304. The molecule has 0 radical (unpaired) electrons. The molecule has 1 aromatic heterocycles. The summed E-state index contributed by atoms with van der Waals surface area (Å²) in [6, 6.07) is 9.81. The van der Waals surface area contributed by atoms with E-state index in [9.17, 15) is 9.65 Å². The van der Waals surface area contributed by atoms with Gasteiger partial charge in [0.15, 0.2) is 5.82 Å². The normalized spacial score (nSPS) is 10.6. The first-order valence-corrected chi connectivity index (χ1v) is 6.58. The maximum Gasteiger partial charge on any atom is 0.164 e. The standard InChI is InChI=1S/C16H15FN4O/c1-11-7-13(10-22-2)15(8-18)16(20-11)21-19-9-12-3-5-14(17)6-4-12/h3-7,9H,10H2,1-2H3,(H,20,21)/b19-9+. The van der Waals surface area contributed by atoms with Crippen LogP contribution >= 0.6 is 0 Å². The number of hydrogen-bond donors (Lipinski definition) is 1. The van der Waals surface area contributed by atoms with Crippen LogP contribution in [-0.2, 0) is 11.3 Å². The Labute approximate surface area is 128 Å². The maximum absolute atomic E-state index is 12.8. The number of rotatable bonds is 5. The van der Waals surface area contributed by atoms with Gasteiger partial charge >= 0.3 is 0 Å². The molecule has 1 N–H and O–H groups in total. The molecule has 0 bridgehead atoms. The summed E-state index contributed by atoms with van der Waals surface area (Å²) in [5.74, 6) is 0.0642. The fourth-order valence-corrected chi connectivity index (χ4v) is 1.93. The topological polar surface area (TPSA) is 70.3 Å². The van der Waals surface area contributed by atoms with Crippen LogP contribution in [0.4, 0.5) is 10.2 Å². The summed E-state index contributed by atoms with van der Waals surface area (Å²) in [4.78, 5) is 4.27. The molecule has 1 aromatic carbocycles. The van der Waals surface area contributed by atoms with E-state index in [2.05, 4.69) is 21.6 Å². The summed E-state index contributed by atoms with van der Waals surface area (Å²) in [6.07, 6.45) is 1.53. The number of aromatic nitrogens is 1. The fraction of sp³-hybridized carbons (Fsp3) is 0.188. The van der Waals surface area contributed by atoms with Crippen LogP contribution in [0.1, 0.15) is 22.4 Å². The van der Waals surface area contributed by atoms with E-state index >= 15 is 0 Å². The molecule has 0 aliphatic heterocycles. The highest BCUT2D eigenvalue weighted by molar-refractivity contribution is 5.80. The van der Waals surface area contributed by atoms with Crippen molar-refractivity contribution in [1.82, 2.24) is 4.98 Å². The Morgan fingerprint density at radius 3 is 2.77 bits per heavy atom. The van der Waals surface area contributed by atoms with Gasteiger partial charge in [0.05, 0.1) is 12.8 Å². The molecule has 0 unspecified atom stereocenters. The third-order valence-electron chi connectivity index (χ3n) is 2.89. The number of nitrogens with zero attached hydrogens (tertiary/aromatic N) is 3. The Morgan fingerprint density at radius 1 is 1.41 bits per heavy atom. The molecule has 2 aromatic rings. The number of anilines is 1. The third-order valence-corrected chi connectivity index (χ3v) is 2.89. The summed E-state index contributed by atoms with van der Waals surface area (Å²) < 4.78 is 17.9. The van der Waals surface area contributed by atoms with Crippen LogP contribution in [0, 0.1) is 24.1 Å². The number of methoxy groups -OCH3 is 1. The highest BCUT2D eigenvalue weighted by Gasteiger charge is 2.10. The van der Waals surface area contributed by atoms with Gasteiger partial charge in [-0.2, -0.15) is 10.4 Å². The number of pyridine rings is 1. The molecule has 112 valence electrons. The van der Waals surface area contributed by atoms with Crippen LogP contribution in [0.25, 0.3) is 0 Å². The zero-order chi connectivity index (χ0) is 15.9. The second-order valence-corrected chi connectivity index (χ2v) is 4.61. The van der Waals surface area contributed by atoms with Gasteiger partial charge in [0.1, 0.15) is 17.4 Å². The zero-order valence-corrected chi connectivity index (χ0v) is 12.3. The first-order chi connectivity index (χ1) is 10.6. The van der Waals surface area contributed by atoms with Crippen molar-refractivity contribution in [1.29, 1.82) is 5.26 Å². The molecule has 22 heavy (non-hydrogen) atoms. The Morgan fingerprint density at radius 2 is 2.14 bits per heavy atom. The average Bonchev–Trinajstić information content (AvgIpc) is 2.49. The predicted molar refractivity (Wildman–Crippen MR) is 82.0 cm³/mol. The summed E-state index contributed by atoms with van der Waals surface area (Å²) in [7, 11) is 1.57. The summed E-state index contributed by atoms with van der Waals surface area (Å²) in [5.41, 5.74) is 5.38. The van der Waals surface area contributed by atoms with Crippen molar-refractivity contribution in [2.75, 3.05) is 12.5 Å². The molecule has 0 atom stereocenters. The van der Waals surface area contributed by atoms with E-state index in [-0.39, 0.29) is 5.82 Å². The Balaban J connectivity index is 2.22. The van der Waals surface area contributed by atoms with Gasteiger partial charge in [0.2, 0.25) is 0 Å². The van der Waals surface area contributed by atoms with Crippen molar-refractivity contribution >= 4 is 12.0 Å². The Bertz CT molecular complexity index is 720. The van der Waals surface area contributed by atoms with Gasteiger partial charge < -0.3 is 4.74 Å². The molecule has 0 fully saturated rings. The number of nitriles is 1. The average molecular weight is 298 g/mol. The molecular formula is C16H15FN4O. The zero-order valence-electron chi connectivity index (χ0n) is 12.3. The van der Waals surface area contributed by atoms with Crippen LogP contribution in [0.3, 0.4) is 0 Å². The van der Waals surface area contributed by atoms with E-state index in [0.29, 0.717) is 18.0 Å². The van der Waals surface area contributed by atoms with Crippen LogP contribution in [0.15, 0.2) is 35.4 Å². The van der Waals surface area contributed by atoms with Crippen LogP contribution in [-0.4, -0.2) is 18.3 Å². The first kappa shape index (κ1) is 15.6. The molecule has 0 saturated carbocycles. The number of benzene rings is 1. The molecule has 0 aliphatic carbocycles. The molecule has 2 rings (SSSR count). The van der Waals surface area contributed by atoms with Gasteiger partial charge in [-0.1, -0.05) is 12.1 Å². The van der Waals surface area contributed by atoms with E-state index in [1.54, 1.807) is 25.3 Å². The smallest absolute Gasteiger partial charge is 0.164 e. The number of halogens is 1. The van der Waals surface area contributed by atoms with Crippen molar-refractivity contribution in [2.45, 2.75) is 13.5 Å². The van der Waals surface area contributed by atoms with Gasteiger partial charge in [-0.15, -0.1) is 0 Å². The summed E-state index contributed by atoms with van der Waals surface area (Å²) in [6.45, 7) is 2.15. The molecule has 1 heterocycles. The van der Waals surface area contributed by atoms with Gasteiger partial charge in [0.25, 0.3) is 0 Å². The molecule has 0 aliphatic rings. The van der Waals surface area contributed by atoms with E-state index in [0.717, 1.165) is 16.8 Å². The number of aryl methyl sites for hydroxylation is 1. The van der Waals surface area contributed by atoms with Gasteiger partial charge in [-0.3, -0.25) is 5.43 Å². The van der Waals surface area contributed by atoms with Gasteiger partial charge in [-0.25, -0.2) is 9.37 Å². The highest BCUT2D eigenvalue weighted by Crippen LogP contribution is 2.19. The maximum atomic E-state index is 12.8. The lowest BCUT2D eigenvalue weighted by Gasteiger charge is -2.09. The minimum Gasteiger partial charge on any atom is -0.380 e. The van der Waals surface area contributed by atoms with E-state index in [4.69, 9.17) is 4.74 Å². The fourth-order valence-electron chi connectivity index (χ4n) is 1.93. The van der Waals surface area contributed by atoms with Crippen LogP contribution in [0.2, 0.25) is 0 Å². The highest BCUT2D eigenvalue weighted by atomic mass is 19.1. The molecule has 0 saturated heterocycles. The van der Waals surface area contributed by atoms with Gasteiger partial charge in [0, 0.05) is 18.4 Å². The number of nitrogens with one attached hydrogen (secondary N) is 1. The van der Waals surface area contributed by atoms with Crippen molar-refractivity contribution in [2.24, 2.45) is 5.10 Å². The van der Waals surface area contributed by atoms with E-state index in [1.165, 1.54) is 18.3 Å². The Kier molecular flexibility index (Phi) is 5.17.